The topological polar surface area (TPSA) is 23.8 Å². The van der Waals surface area contributed by atoms with Gasteiger partial charge in [-0.2, -0.15) is 5.26 Å². The van der Waals surface area contributed by atoms with Crippen molar-refractivity contribution in [2.24, 2.45) is 0 Å². The van der Waals surface area contributed by atoms with Crippen molar-refractivity contribution in [1.29, 1.82) is 5.26 Å². The molecule has 0 aliphatic rings. The summed E-state index contributed by atoms with van der Waals surface area (Å²) in [6, 6.07) is 3.64. The molecule has 0 saturated carbocycles. The van der Waals surface area contributed by atoms with Crippen molar-refractivity contribution < 1.29 is 68.7 Å². The maximum Gasteiger partial charge on any atom is 1.00 e. The standard InChI is InChI=1S/C7H3BF4N.K/c9-7-3-5(4-13)1-2-6(7)8(10,11)12;/h1-3H;/q-1;+1. The summed E-state index contributed by atoms with van der Waals surface area (Å²) < 4.78 is 48.7. The molecule has 0 amide bonds. The molecule has 0 aliphatic heterocycles. The zero-order valence-corrected chi connectivity index (χ0v) is 10.4. The van der Waals surface area contributed by atoms with Crippen molar-refractivity contribution in [3.63, 3.8) is 0 Å². The predicted octanol–water partition coefficient (Wildman–Crippen LogP) is -1.24. The first-order chi connectivity index (χ1) is 5.95. The minimum absolute atomic E-state index is 0. The van der Waals surface area contributed by atoms with Crippen molar-refractivity contribution >= 4 is 12.4 Å². The minimum Gasteiger partial charge on any atom is -0.445 e. The zero-order valence-electron chi connectivity index (χ0n) is 7.27. The Balaban J connectivity index is 0.00000169. The summed E-state index contributed by atoms with van der Waals surface area (Å²) in [5.74, 6) is -1.40. The van der Waals surface area contributed by atoms with E-state index in [-0.39, 0.29) is 56.9 Å². The van der Waals surface area contributed by atoms with Crippen LogP contribution in [0.3, 0.4) is 0 Å². The van der Waals surface area contributed by atoms with Crippen molar-refractivity contribution in [2.75, 3.05) is 0 Å². The normalized spacial score (nSPS) is 10.2. The Labute approximate surface area is 121 Å². The van der Waals surface area contributed by atoms with Crippen molar-refractivity contribution in [2.45, 2.75) is 0 Å². The Morgan fingerprint density at radius 2 is 1.79 bits per heavy atom. The molecule has 0 bridgehead atoms. The van der Waals surface area contributed by atoms with Crippen LogP contribution in [0.15, 0.2) is 18.2 Å². The summed E-state index contributed by atoms with van der Waals surface area (Å²) in [5.41, 5.74) is -1.42. The second-order valence-corrected chi connectivity index (χ2v) is 2.42. The summed E-state index contributed by atoms with van der Waals surface area (Å²) in [5, 5.41) is 8.26. The van der Waals surface area contributed by atoms with E-state index in [1.807, 2.05) is 0 Å². The van der Waals surface area contributed by atoms with Gasteiger partial charge in [-0.05, 0) is 12.1 Å². The Morgan fingerprint density at radius 3 is 2.14 bits per heavy atom. The smallest absolute Gasteiger partial charge is 0.445 e. The Morgan fingerprint density at radius 1 is 1.21 bits per heavy atom. The molecule has 1 aromatic rings. The maximum absolute atomic E-state index is 12.7. The van der Waals surface area contributed by atoms with Gasteiger partial charge in [0.25, 0.3) is 0 Å². The van der Waals surface area contributed by atoms with Crippen LogP contribution in [0.1, 0.15) is 5.56 Å². The first kappa shape index (κ1) is 14.1. The summed E-state index contributed by atoms with van der Waals surface area (Å²) >= 11 is 0. The second-order valence-electron chi connectivity index (χ2n) is 2.42. The maximum atomic E-state index is 12.7. The van der Waals surface area contributed by atoms with Gasteiger partial charge in [-0.15, -0.1) is 0 Å². The molecule has 0 saturated heterocycles. The molecule has 68 valence electrons. The van der Waals surface area contributed by atoms with E-state index in [1.165, 1.54) is 0 Å². The molecule has 0 N–H and O–H groups in total. The van der Waals surface area contributed by atoms with Crippen LogP contribution < -0.4 is 56.8 Å². The molecular formula is C7H3BF4KN. The fraction of sp³-hybridized carbons (Fsp3) is 0. The van der Waals surface area contributed by atoms with E-state index in [9.17, 15) is 17.3 Å². The third-order valence-electron chi connectivity index (χ3n) is 1.48. The van der Waals surface area contributed by atoms with Gasteiger partial charge in [0.2, 0.25) is 0 Å². The van der Waals surface area contributed by atoms with Crippen LogP contribution in [0.2, 0.25) is 0 Å². The summed E-state index contributed by atoms with van der Waals surface area (Å²) in [7, 11) is 0. The van der Waals surface area contributed by atoms with Gasteiger partial charge in [0.05, 0.1) is 17.4 Å². The average molecular weight is 227 g/mol. The van der Waals surface area contributed by atoms with E-state index in [0.29, 0.717) is 12.1 Å². The van der Waals surface area contributed by atoms with Crippen LogP contribution in [0, 0.1) is 17.1 Å². The quantitative estimate of drug-likeness (QED) is 0.434. The van der Waals surface area contributed by atoms with Gasteiger partial charge < -0.3 is 12.9 Å². The number of hydrogen-bond donors (Lipinski definition) is 0. The monoisotopic (exact) mass is 227 g/mol. The first-order valence-corrected chi connectivity index (χ1v) is 3.34. The van der Waals surface area contributed by atoms with Crippen LogP contribution >= 0.6 is 0 Å². The average Bonchev–Trinajstić information content (AvgIpc) is 2.01. The summed E-state index contributed by atoms with van der Waals surface area (Å²) in [4.78, 5) is 0. The molecule has 1 rings (SSSR count). The Hall–Kier alpha value is 0.131. The largest absolute Gasteiger partial charge is 1.00 e. The van der Waals surface area contributed by atoms with Gasteiger partial charge in [0, 0.05) is 0 Å². The van der Waals surface area contributed by atoms with Crippen LogP contribution in [0.25, 0.3) is 0 Å². The number of rotatable bonds is 1. The SMILES string of the molecule is N#Cc1ccc([B-](F)(F)F)c(F)c1.[K+]. The van der Waals surface area contributed by atoms with Crippen molar-refractivity contribution in [3.8, 4) is 6.07 Å². The van der Waals surface area contributed by atoms with Crippen molar-refractivity contribution in [1.82, 2.24) is 0 Å². The summed E-state index contributed by atoms with van der Waals surface area (Å²) in [6.07, 6.45) is 0. The second kappa shape index (κ2) is 5.28. The Bertz CT molecular complexity index is 371. The van der Waals surface area contributed by atoms with Crippen LogP contribution in [-0.4, -0.2) is 6.98 Å². The van der Waals surface area contributed by atoms with Crippen molar-refractivity contribution in [3.05, 3.63) is 29.6 Å². The molecule has 7 heteroatoms. The first-order valence-electron chi connectivity index (χ1n) is 3.34. The van der Waals surface area contributed by atoms with E-state index < -0.39 is 18.3 Å². The number of nitrogens with zero attached hydrogens (tertiary/aromatic N) is 1. The van der Waals surface area contributed by atoms with Crippen LogP contribution in [0.4, 0.5) is 17.3 Å². The van der Waals surface area contributed by atoms with Gasteiger partial charge in [0.1, 0.15) is 0 Å². The Kier molecular flexibility index (Phi) is 5.33. The number of hydrogen-bond acceptors (Lipinski definition) is 1. The molecule has 1 nitrogen and oxygen atoms in total. The van der Waals surface area contributed by atoms with E-state index in [0.717, 1.165) is 6.07 Å². The third-order valence-corrected chi connectivity index (χ3v) is 1.48. The van der Waals surface area contributed by atoms with Gasteiger partial charge in [-0.25, -0.2) is 4.39 Å². The third kappa shape index (κ3) is 3.37. The van der Waals surface area contributed by atoms with E-state index in [4.69, 9.17) is 5.26 Å². The molecule has 1 aromatic carbocycles. The minimum atomic E-state index is -5.33. The summed E-state index contributed by atoms with van der Waals surface area (Å²) in [6.45, 7) is -5.33. The molecule has 0 spiro atoms. The number of halogens is 4. The number of nitriles is 1. The molecule has 0 radical (unpaired) electrons. The molecule has 0 aliphatic carbocycles. The molecule has 0 heterocycles. The molecule has 0 unspecified atom stereocenters. The van der Waals surface area contributed by atoms with Gasteiger partial charge >= 0.3 is 58.4 Å². The van der Waals surface area contributed by atoms with Gasteiger partial charge in [-0.1, -0.05) is 11.5 Å². The van der Waals surface area contributed by atoms with E-state index in [2.05, 4.69) is 0 Å². The van der Waals surface area contributed by atoms with Gasteiger partial charge in [-0.3, -0.25) is 0 Å². The molecule has 0 aromatic heterocycles. The zero-order chi connectivity index (χ0) is 10.1. The molecule has 14 heavy (non-hydrogen) atoms. The van der Waals surface area contributed by atoms with Gasteiger partial charge in [0.15, 0.2) is 0 Å². The molecule has 0 fully saturated rings. The fourth-order valence-corrected chi connectivity index (χ4v) is 0.862. The van der Waals surface area contributed by atoms with Crippen LogP contribution in [-0.2, 0) is 0 Å². The number of benzene rings is 1. The van der Waals surface area contributed by atoms with E-state index >= 15 is 0 Å². The molecular weight excluding hydrogens is 224 g/mol. The van der Waals surface area contributed by atoms with E-state index in [1.54, 1.807) is 6.07 Å². The van der Waals surface area contributed by atoms with Crippen LogP contribution in [0.5, 0.6) is 0 Å². The molecule has 0 atom stereocenters. The predicted molar refractivity (Wildman–Crippen MR) is 39.8 cm³/mol. The fourth-order valence-electron chi connectivity index (χ4n) is 0.862.